The van der Waals surface area contributed by atoms with Gasteiger partial charge in [-0.25, -0.2) is 0 Å². The lowest BCUT2D eigenvalue weighted by atomic mass is 10.7. The fourth-order valence-electron chi connectivity index (χ4n) is 0.190. The first-order valence-corrected chi connectivity index (χ1v) is 3.83. The van der Waals surface area contributed by atoms with Crippen LogP contribution in [0.5, 0.6) is 0 Å². The maximum atomic E-state index is 7.00. The standard InChI is InChI=1S/C4H6BrIN2/c1-8-2-3(6)4(5)7/h2,7-8H,1H3/b3-2+,7-4?. The smallest absolute Gasteiger partial charge is 0.112 e. The second-order valence-electron chi connectivity index (χ2n) is 1.09. The molecule has 0 aliphatic rings. The summed E-state index contributed by atoms with van der Waals surface area (Å²) in [5.41, 5.74) is 0. The Kier molecular flexibility index (Phi) is 4.54. The molecule has 0 spiro atoms. The van der Waals surface area contributed by atoms with Gasteiger partial charge in [-0.1, -0.05) is 0 Å². The largest absolute Gasteiger partial charge is 0.393 e. The summed E-state index contributed by atoms with van der Waals surface area (Å²) >= 11 is 5.07. The summed E-state index contributed by atoms with van der Waals surface area (Å²) in [7, 11) is 1.80. The van der Waals surface area contributed by atoms with Gasteiger partial charge in [-0.05, 0) is 38.5 Å². The molecule has 0 aromatic heterocycles. The highest BCUT2D eigenvalue weighted by Crippen LogP contribution is 2.09. The number of hydrogen-bond donors (Lipinski definition) is 2. The van der Waals surface area contributed by atoms with Gasteiger partial charge >= 0.3 is 0 Å². The van der Waals surface area contributed by atoms with Crippen molar-refractivity contribution in [3.8, 4) is 0 Å². The van der Waals surface area contributed by atoms with Gasteiger partial charge in [0.05, 0.1) is 3.58 Å². The van der Waals surface area contributed by atoms with Crippen LogP contribution in [0, 0.1) is 5.41 Å². The summed E-state index contributed by atoms with van der Waals surface area (Å²) in [5, 5.41) is 9.81. The second-order valence-corrected chi connectivity index (χ2v) is 3.05. The SMILES string of the molecule is CN/C=C(/I)C(=N)Br. The predicted octanol–water partition coefficient (Wildman–Crippen LogP) is 1.85. The molecule has 0 aromatic rings. The normalized spacial score (nSPS) is 11.1. The molecule has 46 valence electrons. The van der Waals surface area contributed by atoms with Gasteiger partial charge in [0, 0.05) is 13.2 Å². The van der Waals surface area contributed by atoms with Crippen LogP contribution in [0.3, 0.4) is 0 Å². The van der Waals surface area contributed by atoms with Gasteiger partial charge < -0.3 is 5.32 Å². The Morgan fingerprint density at radius 3 is 2.50 bits per heavy atom. The predicted molar refractivity (Wildman–Crippen MR) is 47.8 cm³/mol. The van der Waals surface area contributed by atoms with Gasteiger partial charge in [-0.3, -0.25) is 5.41 Å². The quantitative estimate of drug-likeness (QED) is 0.590. The van der Waals surface area contributed by atoms with E-state index < -0.39 is 0 Å². The van der Waals surface area contributed by atoms with Crippen LogP contribution >= 0.6 is 38.5 Å². The molecule has 2 nitrogen and oxygen atoms in total. The third-order valence-corrected chi connectivity index (χ3v) is 2.50. The Bertz CT molecular complexity index is 121. The van der Waals surface area contributed by atoms with E-state index in [4.69, 9.17) is 5.41 Å². The molecule has 8 heavy (non-hydrogen) atoms. The zero-order valence-electron chi connectivity index (χ0n) is 4.33. The molecular weight excluding hydrogens is 283 g/mol. The van der Waals surface area contributed by atoms with Crippen molar-refractivity contribution < 1.29 is 0 Å². The summed E-state index contributed by atoms with van der Waals surface area (Å²) in [6.45, 7) is 0. The zero-order valence-corrected chi connectivity index (χ0v) is 8.08. The maximum absolute atomic E-state index is 7.00. The van der Waals surface area contributed by atoms with Crippen molar-refractivity contribution in [2.45, 2.75) is 0 Å². The van der Waals surface area contributed by atoms with Crippen LogP contribution in [0.4, 0.5) is 0 Å². The van der Waals surface area contributed by atoms with Crippen LogP contribution in [0.1, 0.15) is 0 Å². The molecule has 0 heterocycles. The number of rotatable bonds is 2. The first kappa shape index (κ1) is 8.42. The van der Waals surface area contributed by atoms with Crippen LogP contribution in [-0.4, -0.2) is 11.7 Å². The van der Waals surface area contributed by atoms with E-state index >= 15 is 0 Å². The number of hydrogen-bond acceptors (Lipinski definition) is 2. The Morgan fingerprint density at radius 1 is 1.88 bits per heavy atom. The van der Waals surface area contributed by atoms with Crippen LogP contribution in [-0.2, 0) is 0 Å². The molecule has 0 aromatic carbocycles. The maximum Gasteiger partial charge on any atom is 0.112 e. The Hall–Kier alpha value is 0.420. The van der Waals surface area contributed by atoms with Crippen LogP contribution in [0.25, 0.3) is 0 Å². The van der Waals surface area contributed by atoms with Crippen molar-refractivity contribution in [3.63, 3.8) is 0 Å². The van der Waals surface area contributed by atoms with E-state index in [1.807, 2.05) is 0 Å². The molecule has 0 saturated carbocycles. The molecule has 0 rings (SSSR count). The van der Waals surface area contributed by atoms with Crippen LogP contribution in [0.2, 0.25) is 0 Å². The second kappa shape index (κ2) is 4.31. The fourth-order valence-corrected chi connectivity index (χ4v) is 0.616. The van der Waals surface area contributed by atoms with Crippen molar-refractivity contribution in [1.29, 1.82) is 5.41 Å². The van der Waals surface area contributed by atoms with E-state index in [2.05, 4.69) is 43.8 Å². The average molecular weight is 289 g/mol. The van der Waals surface area contributed by atoms with Gasteiger partial charge in [0.15, 0.2) is 0 Å². The van der Waals surface area contributed by atoms with Crippen molar-refractivity contribution in [3.05, 3.63) is 9.78 Å². The van der Waals surface area contributed by atoms with Gasteiger partial charge in [-0.2, -0.15) is 0 Å². The van der Waals surface area contributed by atoms with E-state index in [9.17, 15) is 0 Å². The molecule has 0 bridgehead atoms. The summed E-state index contributed by atoms with van der Waals surface area (Å²) in [6, 6.07) is 0. The lowest BCUT2D eigenvalue weighted by Crippen LogP contribution is -1.95. The summed E-state index contributed by atoms with van der Waals surface area (Å²) < 4.78 is 1.28. The first-order valence-electron chi connectivity index (χ1n) is 1.96. The number of halogens is 2. The molecule has 0 fully saturated rings. The minimum atomic E-state index is 0.410. The zero-order chi connectivity index (χ0) is 6.57. The molecule has 0 radical (unpaired) electrons. The van der Waals surface area contributed by atoms with Crippen molar-refractivity contribution >= 4 is 43.1 Å². The minimum absolute atomic E-state index is 0.410. The Balaban J connectivity index is 3.80. The van der Waals surface area contributed by atoms with Gasteiger partial charge in [0.2, 0.25) is 0 Å². The van der Waals surface area contributed by atoms with Gasteiger partial charge in [0.25, 0.3) is 0 Å². The Morgan fingerprint density at radius 2 is 2.38 bits per heavy atom. The minimum Gasteiger partial charge on any atom is -0.393 e. The van der Waals surface area contributed by atoms with Crippen LogP contribution in [0.15, 0.2) is 9.78 Å². The number of allylic oxidation sites excluding steroid dienone is 1. The molecule has 0 atom stereocenters. The molecule has 4 heteroatoms. The summed E-state index contributed by atoms with van der Waals surface area (Å²) in [4.78, 5) is 0. The van der Waals surface area contributed by atoms with Crippen molar-refractivity contribution in [2.75, 3.05) is 7.05 Å². The molecule has 0 saturated heterocycles. The average Bonchev–Trinajstić information content (AvgIpc) is 1.67. The molecule has 0 aliphatic heterocycles. The molecule has 0 unspecified atom stereocenters. The summed E-state index contributed by atoms with van der Waals surface area (Å²) in [6.07, 6.45) is 1.75. The third-order valence-electron chi connectivity index (χ3n) is 0.481. The van der Waals surface area contributed by atoms with Gasteiger partial charge in [0.1, 0.15) is 4.62 Å². The van der Waals surface area contributed by atoms with Crippen molar-refractivity contribution in [2.24, 2.45) is 0 Å². The lowest BCUT2D eigenvalue weighted by molar-refractivity contribution is 1.10. The fraction of sp³-hybridized carbons (Fsp3) is 0.250. The lowest BCUT2D eigenvalue weighted by Gasteiger charge is -1.90. The molecule has 0 amide bonds. The molecule has 2 N–H and O–H groups in total. The summed E-state index contributed by atoms with van der Waals surface area (Å²) in [5.74, 6) is 0. The molecule has 0 aliphatic carbocycles. The highest BCUT2D eigenvalue weighted by atomic mass is 127. The monoisotopic (exact) mass is 288 g/mol. The van der Waals surface area contributed by atoms with Gasteiger partial charge in [-0.15, -0.1) is 0 Å². The van der Waals surface area contributed by atoms with E-state index in [-0.39, 0.29) is 0 Å². The van der Waals surface area contributed by atoms with E-state index in [0.29, 0.717) is 4.62 Å². The first-order chi connectivity index (χ1) is 3.68. The number of nitrogens with one attached hydrogen (secondary N) is 2. The van der Waals surface area contributed by atoms with Crippen molar-refractivity contribution in [1.82, 2.24) is 5.32 Å². The van der Waals surface area contributed by atoms with E-state index in [0.717, 1.165) is 3.58 Å². The highest BCUT2D eigenvalue weighted by Gasteiger charge is 1.91. The van der Waals surface area contributed by atoms with Crippen LogP contribution < -0.4 is 5.32 Å². The highest BCUT2D eigenvalue weighted by molar-refractivity contribution is 14.1. The molecular formula is C4H6BrIN2. The van der Waals surface area contributed by atoms with E-state index in [1.165, 1.54) is 0 Å². The Labute approximate surface area is 70.5 Å². The third kappa shape index (κ3) is 3.43. The topological polar surface area (TPSA) is 35.9 Å². The van der Waals surface area contributed by atoms with E-state index in [1.54, 1.807) is 13.2 Å².